The zero-order valence-electron chi connectivity index (χ0n) is 16.9. The second-order valence-corrected chi connectivity index (χ2v) is 8.50. The quantitative estimate of drug-likeness (QED) is 0.500. The zero-order valence-corrected chi connectivity index (χ0v) is 18.5. The maximum absolute atomic E-state index is 6.16. The zero-order chi connectivity index (χ0) is 20.2. The van der Waals surface area contributed by atoms with E-state index in [2.05, 4.69) is 66.6 Å². The molecule has 1 aromatic carbocycles. The third-order valence-electron chi connectivity index (χ3n) is 5.41. The summed E-state index contributed by atoms with van der Waals surface area (Å²) in [7, 11) is 0. The van der Waals surface area contributed by atoms with Crippen molar-refractivity contribution in [2.75, 3.05) is 25.4 Å². The number of hydrogen-bond donors (Lipinski definition) is 1. The van der Waals surface area contributed by atoms with Gasteiger partial charge in [-0.15, -0.1) is 0 Å². The molecule has 1 aliphatic heterocycles. The Morgan fingerprint density at radius 2 is 1.76 bits per heavy atom. The summed E-state index contributed by atoms with van der Waals surface area (Å²) in [6, 6.07) is 11.2. The SMILES string of the molecule is CCCCOc1nc(N)c2cc(Br)n(Cc3ccc(CN4CCCC4)cc3)c2n1. The van der Waals surface area contributed by atoms with Crippen LogP contribution in [0.15, 0.2) is 34.9 Å². The molecule has 0 radical (unpaired) electrons. The normalized spacial score (nSPS) is 14.7. The second-order valence-electron chi connectivity index (χ2n) is 7.68. The molecule has 4 rings (SSSR count). The highest BCUT2D eigenvalue weighted by Gasteiger charge is 2.15. The van der Waals surface area contributed by atoms with Gasteiger partial charge in [0.15, 0.2) is 5.65 Å². The molecular formula is C22H28BrN5O. The van der Waals surface area contributed by atoms with Crippen LogP contribution in [0.4, 0.5) is 5.82 Å². The molecule has 3 aromatic rings. The van der Waals surface area contributed by atoms with E-state index in [1.165, 1.54) is 37.1 Å². The Morgan fingerprint density at radius 3 is 2.45 bits per heavy atom. The van der Waals surface area contributed by atoms with Crippen molar-refractivity contribution in [3.63, 3.8) is 0 Å². The average Bonchev–Trinajstić information content (AvgIpc) is 3.33. The van der Waals surface area contributed by atoms with Crippen LogP contribution in [0.2, 0.25) is 0 Å². The van der Waals surface area contributed by atoms with Gasteiger partial charge in [0.25, 0.3) is 0 Å². The van der Waals surface area contributed by atoms with Crippen LogP contribution in [0.1, 0.15) is 43.7 Å². The number of aromatic nitrogens is 3. The topological polar surface area (TPSA) is 69.2 Å². The summed E-state index contributed by atoms with van der Waals surface area (Å²) in [5, 5.41) is 0.838. The van der Waals surface area contributed by atoms with E-state index < -0.39 is 0 Å². The molecule has 154 valence electrons. The van der Waals surface area contributed by atoms with E-state index in [1.54, 1.807) is 0 Å². The predicted octanol–water partition coefficient (Wildman–Crippen LogP) is 4.60. The molecule has 0 atom stereocenters. The minimum absolute atomic E-state index is 0.344. The number of anilines is 1. The number of benzene rings is 1. The van der Waals surface area contributed by atoms with Crippen LogP contribution in [-0.4, -0.2) is 39.1 Å². The first-order chi connectivity index (χ1) is 14.1. The van der Waals surface area contributed by atoms with Gasteiger partial charge in [0, 0.05) is 6.54 Å². The van der Waals surface area contributed by atoms with Crippen LogP contribution in [0.3, 0.4) is 0 Å². The molecule has 0 unspecified atom stereocenters. The van der Waals surface area contributed by atoms with Crippen molar-refractivity contribution in [1.29, 1.82) is 0 Å². The maximum Gasteiger partial charge on any atom is 0.320 e. The number of nitrogen functional groups attached to an aromatic ring is 1. The molecular weight excluding hydrogens is 430 g/mol. The van der Waals surface area contributed by atoms with Gasteiger partial charge < -0.3 is 15.0 Å². The van der Waals surface area contributed by atoms with E-state index in [-0.39, 0.29) is 0 Å². The summed E-state index contributed by atoms with van der Waals surface area (Å²) in [4.78, 5) is 11.4. The number of nitrogens with zero attached hydrogens (tertiary/aromatic N) is 4. The number of nitrogens with two attached hydrogens (primary N) is 1. The van der Waals surface area contributed by atoms with Gasteiger partial charge >= 0.3 is 6.01 Å². The first-order valence-electron chi connectivity index (χ1n) is 10.4. The lowest BCUT2D eigenvalue weighted by Gasteiger charge is -2.15. The van der Waals surface area contributed by atoms with Crippen LogP contribution in [0, 0.1) is 0 Å². The number of hydrogen-bond acceptors (Lipinski definition) is 5. The number of unbranched alkanes of at least 4 members (excludes halogenated alkanes) is 1. The first kappa shape index (κ1) is 20.2. The standard InChI is InChI=1S/C22H28BrN5O/c1-2-3-12-29-22-25-20(24)18-13-19(23)28(21(18)26-22)15-17-8-6-16(7-9-17)14-27-10-4-5-11-27/h6-9,13H,2-5,10-12,14-15H2,1H3,(H2,24,25,26). The monoisotopic (exact) mass is 457 g/mol. The minimum Gasteiger partial charge on any atom is -0.463 e. The molecule has 0 bridgehead atoms. The maximum atomic E-state index is 6.16. The predicted molar refractivity (Wildman–Crippen MR) is 120 cm³/mol. The van der Waals surface area contributed by atoms with E-state index in [9.17, 15) is 0 Å². The molecule has 1 saturated heterocycles. The van der Waals surface area contributed by atoms with E-state index >= 15 is 0 Å². The Labute approximate surface area is 180 Å². The van der Waals surface area contributed by atoms with Crippen LogP contribution in [0.5, 0.6) is 6.01 Å². The lowest BCUT2D eigenvalue weighted by Crippen LogP contribution is -2.18. The average molecular weight is 458 g/mol. The van der Waals surface area contributed by atoms with Crippen LogP contribution in [0.25, 0.3) is 11.0 Å². The molecule has 0 spiro atoms. The molecule has 6 nitrogen and oxygen atoms in total. The van der Waals surface area contributed by atoms with E-state index in [1.807, 2.05) is 6.07 Å². The van der Waals surface area contributed by atoms with Gasteiger partial charge in [-0.25, -0.2) is 0 Å². The van der Waals surface area contributed by atoms with Crippen molar-refractivity contribution in [3.8, 4) is 6.01 Å². The highest BCUT2D eigenvalue weighted by Crippen LogP contribution is 2.29. The Balaban J connectivity index is 1.54. The number of ether oxygens (including phenoxy) is 1. The molecule has 7 heteroatoms. The number of halogens is 1. The number of fused-ring (bicyclic) bond motifs is 1. The Hall–Kier alpha value is -2.12. The number of rotatable bonds is 8. The van der Waals surface area contributed by atoms with Crippen LogP contribution in [-0.2, 0) is 13.1 Å². The molecule has 2 N–H and O–H groups in total. The summed E-state index contributed by atoms with van der Waals surface area (Å²) in [6.07, 6.45) is 4.67. The summed E-state index contributed by atoms with van der Waals surface area (Å²) >= 11 is 3.65. The summed E-state index contributed by atoms with van der Waals surface area (Å²) in [5.41, 5.74) is 9.54. The van der Waals surface area contributed by atoms with E-state index in [0.29, 0.717) is 25.0 Å². The lowest BCUT2D eigenvalue weighted by molar-refractivity contribution is 0.286. The van der Waals surface area contributed by atoms with Crippen molar-refractivity contribution in [3.05, 3.63) is 46.1 Å². The highest BCUT2D eigenvalue weighted by atomic mass is 79.9. The molecule has 0 saturated carbocycles. The second kappa shape index (κ2) is 9.13. The third kappa shape index (κ3) is 4.73. The van der Waals surface area contributed by atoms with Crippen LogP contribution < -0.4 is 10.5 Å². The van der Waals surface area contributed by atoms with Gasteiger partial charge in [0.05, 0.1) is 23.1 Å². The third-order valence-corrected chi connectivity index (χ3v) is 6.07. The lowest BCUT2D eigenvalue weighted by atomic mass is 10.1. The minimum atomic E-state index is 0.344. The molecule has 1 aliphatic rings. The van der Waals surface area contributed by atoms with Crippen molar-refractivity contribution >= 4 is 32.8 Å². The van der Waals surface area contributed by atoms with Crippen molar-refractivity contribution in [1.82, 2.24) is 19.4 Å². The fraction of sp³-hybridized carbons (Fsp3) is 0.455. The fourth-order valence-electron chi connectivity index (χ4n) is 3.75. The molecule has 29 heavy (non-hydrogen) atoms. The molecule has 0 amide bonds. The Bertz CT molecular complexity index is 963. The fourth-order valence-corrected chi connectivity index (χ4v) is 4.27. The van der Waals surface area contributed by atoms with Crippen LogP contribution >= 0.6 is 15.9 Å². The summed E-state index contributed by atoms with van der Waals surface area (Å²) in [5.74, 6) is 0.446. The van der Waals surface area contributed by atoms with Gasteiger partial charge in [0.2, 0.25) is 0 Å². The van der Waals surface area contributed by atoms with Gasteiger partial charge in [-0.1, -0.05) is 37.6 Å². The van der Waals surface area contributed by atoms with E-state index in [4.69, 9.17) is 10.5 Å². The summed E-state index contributed by atoms with van der Waals surface area (Å²) < 4.78 is 8.73. The van der Waals surface area contributed by atoms with Crippen molar-refractivity contribution in [2.45, 2.75) is 45.7 Å². The van der Waals surface area contributed by atoms with E-state index in [0.717, 1.165) is 35.0 Å². The molecule has 1 fully saturated rings. The van der Waals surface area contributed by atoms with Gasteiger partial charge in [-0.3, -0.25) is 4.90 Å². The first-order valence-corrected chi connectivity index (χ1v) is 11.2. The van der Waals surface area contributed by atoms with Gasteiger partial charge in [-0.2, -0.15) is 9.97 Å². The Morgan fingerprint density at radius 1 is 1.07 bits per heavy atom. The van der Waals surface area contributed by atoms with Crippen molar-refractivity contribution < 1.29 is 4.74 Å². The largest absolute Gasteiger partial charge is 0.463 e. The molecule has 2 aromatic heterocycles. The smallest absolute Gasteiger partial charge is 0.320 e. The molecule has 3 heterocycles. The molecule has 0 aliphatic carbocycles. The summed E-state index contributed by atoms with van der Waals surface area (Å²) in [6.45, 7) is 6.90. The van der Waals surface area contributed by atoms with Gasteiger partial charge in [-0.05, 0) is 65.5 Å². The number of likely N-dealkylation sites (tertiary alicyclic amines) is 1. The highest BCUT2D eigenvalue weighted by molar-refractivity contribution is 9.10. The van der Waals surface area contributed by atoms with Gasteiger partial charge in [0.1, 0.15) is 5.82 Å². The Kier molecular flexibility index (Phi) is 6.35. The van der Waals surface area contributed by atoms with Crippen molar-refractivity contribution in [2.24, 2.45) is 0 Å².